The van der Waals surface area contributed by atoms with Gasteiger partial charge in [0.1, 0.15) is 0 Å². The predicted octanol–water partition coefficient (Wildman–Crippen LogP) is 3.24. The van der Waals surface area contributed by atoms with E-state index in [0.717, 1.165) is 49.7 Å². The molecule has 2 N–H and O–H groups in total. The van der Waals surface area contributed by atoms with E-state index in [1.807, 2.05) is 17.1 Å². The van der Waals surface area contributed by atoms with Crippen molar-refractivity contribution in [3.05, 3.63) is 35.4 Å². The number of aromatic nitrogens is 5. The summed E-state index contributed by atoms with van der Waals surface area (Å²) in [5.41, 5.74) is 2.27. The average Bonchev–Trinajstić information content (AvgIpc) is 3.31. The van der Waals surface area contributed by atoms with Crippen LogP contribution in [0.5, 0.6) is 0 Å². The Kier molecular flexibility index (Phi) is 12.2. The van der Waals surface area contributed by atoms with Crippen molar-refractivity contribution in [3.63, 3.8) is 0 Å². The Balaban J connectivity index is 0.000000604. The number of halogens is 3. The molecule has 3 rings (SSSR count). The van der Waals surface area contributed by atoms with Gasteiger partial charge in [0.05, 0.1) is 25.3 Å². The SMILES string of the molecule is CSCCn1nnnc1C(NCCOC1CCOCC1)c1cncc(C(C)(C)C)c1.O=C(O)C(F)(F)F. The van der Waals surface area contributed by atoms with E-state index in [4.69, 9.17) is 19.4 Å². The van der Waals surface area contributed by atoms with Crippen LogP contribution in [0.4, 0.5) is 13.2 Å². The summed E-state index contributed by atoms with van der Waals surface area (Å²) in [5.74, 6) is -0.992. The highest BCUT2D eigenvalue weighted by Gasteiger charge is 2.38. The fourth-order valence-corrected chi connectivity index (χ4v) is 3.77. The number of alkyl halides is 3. The van der Waals surface area contributed by atoms with Gasteiger partial charge in [0, 0.05) is 37.9 Å². The molecule has 1 saturated heterocycles. The molecule has 1 aliphatic heterocycles. The molecule has 0 aromatic carbocycles. The van der Waals surface area contributed by atoms with Crippen LogP contribution in [0.3, 0.4) is 0 Å². The Hall–Kier alpha value is -2.29. The summed E-state index contributed by atoms with van der Waals surface area (Å²) in [6.45, 7) is 10.3. The first-order valence-corrected chi connectivity index (χ1v) is 13.3. The normalized spacial score (nSPS) is 15.6. The molecule has 0 aliphatic carbocycles. The quantitative estimate of drug-likeness (QED) is 0.428. The molecule has 0 radical (unpaired) electrons. The van der Waals surface area contributed by atoms with E-state index in [2.05, 4.69) is 58.9 Å². The molecular formula is C23H35F3N6O4S. The summed E-state index contributed by atoms with van der Waals surface area (Å²) in [4.78, 5) is 13.4. The van der Waals surface area contributed by atoms with Crippen LogP contribution >= 0.6 is 11.8 Å². The summed E-state index contributed by atoms with van der Waals surface area (Å²) >= 11 is 1.78. The smallest absolute Gasteiger partial charge is 0.475 e. The van der Waals surface area contributed by atoms with Gasteiger partial charge in [-0.25, -0.2) is 9.48 Å². The zero-order valence-electron chi connectivity index (χ0n) is 21.5. The van der Waals surface area contributed by atoms with Crippen molar-refractivity contribution in [1.82, 2.24) is 30.5 Å². The Labute approximate surface area is 218 Å². The molecule has 3 heterocycles. The fourth-order valence-electron chi connectivity index (χ4n) is 3.41. The van der Waals surface area contributed by atoms with E-state index in [9.17, 15) is 13.2 Å². The number of nitrogens with zero attached hydrogens (tertiary/aromatic N) is 5. The lowest BCUT2D eigenvalue weighted by molar-refractivity contribution is -0.192. The van der Waals surface area contributed by atoms with Gasteiger partial charge in [0.15, 0.2) is 5.82 Å². The molecule has 1 atom stereocenters. The summed E-state index contributed by atoms with van der Waals surface area (Å²) in [5, 5.41) is 23.2. The molecule has 1 unspecified atom stereocenters. The molecule has 14 heteroatoms. The van der Waals surface area contributed by atoms with Crippen LogP contribution in [-0.2, 0) is 26.2 Å². The Morgan fingerprint density at radius 2 is 1.97 bits per heavy atom. The van der Waals surface area contributed by atoms with E-state index in [0.29, 0.717) is 13.2 Å². The van der Waals surface area contributed by atoms with E-state index in [1.165, 1.54) is 5.56 Å². The summed E-state index contributed by atoms with van der Waals surface area (Å²) in [6, 6.07) is 2.06. The first kappa shape index (κ1) is 30.9. The lowest BCUT2D eigenvalue weighted by Gasteiger charge is -2.24. The number of hydrogen-bond acceptors (Lipinski definition) is 9. The van der Waals surface area contributed by atoms with Crippen LogP contribution in [0.15, 0.2) is 18.5 Å². The third kappa shape index (κ3) is 10.5. The van der Waals surface area contributed by atoms with E-state index in [1.54, 1.807) is 11.8 Å². The van der Waals surface area contributed by atoms with Gasteiger partial charge >= 0.3 is 12.1 Å². The summed E-state index contributed by atoms with van der Waals surface area (Å²) in [6.07, 6.45) is 3.06. The highest BCUT2D eigenvalue weighted by Crippen LogP contribution is 2.26. The fraction of sp³-hybridized carbons (Fsp3) is 0.696. The Bertz CT molecular complexity index is 964. The maximum atomic E-state index is 10.6. The van der Waals surface area contributed by atoms with Gasteiger partial charge in [-0.1, -0.05) is 26.8 Å². The zero-order valence-corrected chi connectivity index (χ0v) is 22.3. The third-order valence-electron chi connectivity index (χ3n) is 5.50. The minimum Gasteiger partial charge on any atom is -0.475 e. The number of carbonyl (C=O) groups is 1. The molecular weight excluding hydrogens is 513 g/mol. The number of ether oxygens (including phenoxy) is 2. The van der Waals surface area contributed by atoms with E-state index < -0.39 is 12.1 Å². The summed E-state index contributed by atoms with van der Waals surface area (Å²) < 4.78 is 45.1. The van der Waals surface area contributed by atoms with Gasteiger partial charge in [-0.05, 0) is 46.1 Å². The van der Waals surface area contributed by atoms with Crippen LogP contribution in [0.2, 0.25) is 0 Å². The third-order valence-corrected chi connectivity index (χ3v) is 6.09. The van der Waals surface area contributed by atoms with Crippen molar-refractivity contribution >= 4 is 17.7 Å². The number of nitrogens with one attached hydrogen (secondary N) is 1. The average molecular weight is 549 g/mol. The topological polar surface area (TPSA) is 124 Å². The van der Waals surface area contributed by atoms with Gasteiger partial charge in [0.25, 0.3) is 0 Å². The first-order valence-electron chi connectivity index (χ1n) is 11.9. The van der Waals surface area contributed by atoms with E-state index in [-0.39, 0.29) is 17.6 Å². The van der Waals surface area contributed by atoms with Crippen molar-refractivity contribution in [3.8, 4) is 0 Å². The minimum absolute atomic E-state index is 0.0184. The highest BCUT2D eigenvalue weighted by molar-refractivity contribution is 7.98. The molecule has 1 fully saturated rings. The molecule has 0 spiro atoms. The maximum Gasteiger partial charge on any atom is 0.490 e. The molecule has 1 aliphatic rings. The molecule has 37 heavy (non-hydrogen) atoms. The van der Waals surface area contributed by atoms with E-state index >= 15 is 0 Å². The molecule has 208 valence electrons. The molecule has 10 nitrogen and oxygen atoms in total. The standard InChI is InChI=1S/C21H34N6O2S.C2HF3O2/c1-21(2,3)17-13-16(14-22-15-17)19(20-24-25-26-27(20)8-12-30-4)23-7-11-29-18-5-9-28-10-6-18;3-2(4,5)1(6)7/h13-15,18-19,23H,5-12H2,1-4H3;(H,6,7). The molecule has 2 aromatic rings. The molecule has 0 bridgehead atoms. The monoisotopic (exact) mass is 548 g/mol. The van der Waals surface area contributed by atoms with Crippen molar-refractivity contribution in [2.24, 2.45) is 0 Å². The lowest BCUT2D eigenvalue weighted by Crippen LogP contribution is -2.32. The van der Waals surface area contributed by atoms with Crippen molar-refractivity contribution in [2.75, 3.05) is 38.4 Å². The number of carboxylic acids is 1. The van der Waals surface area contributed by atoms with Gasteiger partial charge in [-0.15, -0.1) is 5.10 Å². The number of hydrogen-bond donors (Lipinski definition) is 2. The largest absolute Gasteiger partial charge is 0.490 e. The predicted molar refractivity (Wildman–Crippen MR) is 132 cm³/mol. The van der Waals surface area contributed by atoms with Gasteiger partial charge in [0.2, 0.25) is 0 Å². The Morgan fingerprint density at radius 1 is 1.30 bits per heavy atom. The van der Waals surface area contributed by atoms with Crippen LogP contribution < -0.4 is 5.32 Å². The number of aliphatic carboxylic acids is 1. The Morgan fingerprint density at radius 3 is 2.57 bits per heavy atom. The number of thioether (sulfide) groups is 1. The lowest BCUT2D eigenvalue weighted by atomic mass is 9.87. The second-order valence-corrected chi connectivity index (χ2v) is 10.4. The zero-order chi connectivity index (χ0) is 27.5. The number of pyridine rings is 1. The van der Waals surface area contributed by atoms with Crippen molar-refractivity contribution < 1.29 is 32.5 Å². The minimum atomic E-state index is -5.08. The van der Waals surface area contributed by atoms with Crippen LogP contribution in [0, 0.1) is 0 Å². The second kappa shape index (κ2) is 14.6. The van der Waals surface area contributed by atoms with Crippen LogP contribution in [0.25, 0.3) is 0 Å². The first-order chi connectivity index (χ1) is 17.4. The number of aryl methyl sites for hydroxylation is 1. The van der Waals surface area contributed by atoms with Crippen LogP contribution in [0.1, 0.15) is 56.6 Å². The number of rotatable bonds is 10. The van der Waals surface area contributed by atoms with Crippen molar-refractivity contribution in [2.45, 2.75) is 63.9 Å². The number of carboxylic acid groups (broad SMARTS) is 1. The molecule has 0 amide bonds. The molecule has 0 saturated carbocycles. The maximum absolute atomic E-state index is 10.6. The second-order valence-electron chi connectivity index (χ2n) is 9.38. The summed E-state index contributed by atoms with van der Waals surface area (Å²) in [7, 11) is 0. The number of tetrazole rings is 1. The molecule has 2 aromatic heterocycles. The van der Waals surface area contributed by atoms with Gasteiger partial charge in [-0.3, -0.25) is 4.98 Å². The van der Waals surface area contributed by atoms with Crippen molar-refractivity contribution in [1.29, 1.82) is 0 Å². The van der Waals surface area contributed by atoms with Gasteiger partial charge < -0.3 is 19.9 Å². The van der Waals surface area contributed by atoms with Gasteiger partial charge in [-0.2, -0.15) is 24.9 Å². The van der Waals surface area contributed by atoms with Crippen LogP contribution in [-0.4, -0.2) is 86.9 Å². The highest BCUT2D eigenvalue weighted by atomic mass is 32.2.